The molecule has 0 radical (unpaired) electrons. The van der Waals surface area contributed by atoms with Gasteiger partial charge in [0.25, 0.3) is 0 Å². The Labute approximate surface area is 158 Å². The predicted octanol–water partition coefficient (Wildman–Crippen LogP) is 2.24. The highest BCUT2D eigenvalue weighted by Gasteiger charge is 2.22. The third-order valence-corrected chi connectivity index (χ3v) is 4.89. The summed E-state index contributed by atoms with van der Waals surface area (Å²) in [5.41, 5.74) is 2.10. The number of benzene rings is 1. The van der Waals surface area contributed by atoms with E-state index in [9.17, 15) is 8.42 Å². The Morgan fingerprint density at radius 1 is 1.15 bits per heavy atom. The maximum Gasteiger partial charge on any atom is 0.209 e. The number of rotatable bonds is 9. The number of hydrogen-bond donors (Lipinski definition) is 3. The minimum atomic E-state index is -3.25. The molecule has 148 valence electrons. The minimum absolute atomic E-state index is 0.441. The molecule has 7 heteroatoms. The van der Waals surface area contributed by atoms with Crippen LogP contribution in [0.5, 0.6) is 0 Å². The highest BCUT2D eigenvalue weighted by molar-refractivity contribution is 7.88. The molecule has 0 aliphatic carbocycles. The first-order chi connectivity index (χ1) is 12.0. The SMILES string of the molecule is CN=C(NCCCc1ccc(C(C)C)cc1)NCC(C)(C)NS(C)(=O)=O. The molecule has 0 spiro atoms. The van der Waals surface area contributed by atoms with Gasteiger partial charge in [-0.25, -0.2) is 13.1 Å². The number of hydrogen-bond acceptors (Lipinski definition) is 3. The first-order valence-electron chi connectivity index (χ1n) is 9.05. The zero-order valence-electron chi connectivity index (χ0n) is 16.9. The second kappa shape index (κ2) is 9.92. The summed E-state index contributed by atoms with van der Waals surface area (Å²) >= 11 is 0. The molecule has 0 saturated heterocycles. The molecule has 0 amide bonds. The third kappa shape index (κ3) is 9.20. The van der Waals surface area contributed by atoms with Crippen LogP contribution in [0.1, 0.15) is 51.2 Å². The largest absolute Gasteiger partial charge is 0.356 e. The highest BCUT2D eigenvalue weighted by atomic mass is 32.2. The van der Waals surface area contributed by atoms with Crippen LogP contribution in [0, 0.1) is 0 Å². The van der Waals surface area contributed by atoms with E-state index < -0.39 is 15.6 Å². The zero-order chi connectivity index (χ0) is 19.8. The van der Waals surface area contributed by atoms with Gasteiger partial charge in [0, 0.05) is 25.7 Å². The quantitative estimate of drug-likeness (QED) is 0.347. The van der Waals surface area contributed by atoms with Crippen LogP contribution < -0.4 is 15.4 Å². The van der Waals surface area contributed by atoms with Crippen molar-refractivity contribution in [1.82, 2.24) is 15.4 Å². The Balaban J connectivity index is 2.36. The van der Waals surface area contributed by atoms with Gasteiger partial charge in [0.15, 0.2) is 5.96 Å². The molecule has 1 rings (SSSR count). The molecule has 6 nitrogen and oxygen atoms in total. The second-order valence-electron chi connectivity index (χ2n) is 7.61. The molecule has 0 atom stereocenters. The topological polar surface area (TPSA) is 82.6 Å². The smallest absolute Gasteiger partial charge is 0.209 e. The van der Waals surface area contributed by atoms with Crippen LogP contribution in [0.3, 0.4) is 0 Å². The van der Waals surface area contributed by atoms with E-state index in [4.69, 9.17) is 0 Å². The van der Waals surface area contributed by atoms with E-state index >= 15 is 0 Å². The standard InChI is InChI=1S/C19H34N4O2S/c1-15(2)17-11-9-16(10-12-17)8-7-13-21-18(20-5)22-14-19(3,4)23-26(6,24)25/h9-12,15,23H,7-8,13-14H2,1-6H3,(H2,20,21,22). The second-order valence-corrected chi connectivity index (χ2v) is 9.36. The fourth-order valence-electron chi connectivity index (χ4n) is 2.63. The average Bonchev–Trinajstić information content (AvgIpc) is 2.52. The van der Waals surface area contributed by atoms with Crippen LogP contribution >= 0.6 is 0 Å². The Morgan fingerprint density at radius 2 is 1.77 bits per heavy atom. The summed E-state index contributed by atoms with van der Waals surface area (Å²) < 4.78 is 25.4. The first-order valence-corrected chi connectivity index (χ1v) is 10.9. The lowest BCUT2D eigenvalue weighted by Gasteiger charge is -2.26. The molecule has 0 saturated carbocycles. The van der Waals surface area contributed by atoms with E-state index in [1.165, 1.54) is 11.1 Å². The van der Waals surface area contributed by atoms with Crippen molar-refractivity contribution in [2.45, 2.75) is 52.0 Å². The Kier molecular flexibility index (Phi) is 8.56. The summed E-state index contributed by atoms with van der Waals surface area (Å²) in [6, 6.07) is 8.79. The van der Waals surface area contributed by atoms with E-state index in [2.05, 4.69) is 58.5 Å². The molecular weight excluding hydrogens is 348 g/mol. The lowest BCUT2D eigenvalue weighted by atomic mass is 10.0. The molecule has 0 aliphatic rings. The van der Waals surface area contributed by atoms with Crippen molar-refractivity contribution in [3.05, 3.63) is 35.4 Å². The van der Waals surface area contributed by atoms with Gasteiger partial charge < -0.3 is 10.6 Å². The van der Waals surface area contributed by atoms with Gasteiger partial charge in [0.2, 0.25) is 10.0 Å². The van der Waals surface area contributed by atoms with Crippen molar-refractivity contribution in [3.8, 4) is 0 Å². The molecule has 1 aromatic carbocycles. The number of aryl methyl sites for hydroxylation is 1. The van der Waals surface area contributed by atoms with Gasteiger partial charge in [-0.15, -0.1) is 0 Å². The van der Waals surface area contributed by atoms with E-state index in [1.54, 1.807) is 7.05 Å². The predicted molar refractivity (Wildman–Crippen MR) is 110 cm³/mol. The zero-order valence-corrected chi connectivity index (χ0v) is 17.7. The molecule has 0 unspecified atom stereocenters. The van der Waals surface area contributed by atoms with Gasteiger partial charge in [-0.2, -0.15) is 0 Å². The number of aliphatic imine (C=N–C) groups is 1. The van der Waals surface area contributed by atoms with Crippen molar-refractivity contribution in [2.24, 2.45) is 4.99 Å². The number of nitrogens with zero attached hydrogens (tertiary/aromatic N) is 1. The molecular formula is C19H34N4O2S. The maximum atomic E-state index is 11.4. The highest BCUT2D eigenvalue weighted by Crippen LogP contribution is 2.15. The van der Waals surface area contributed by atoms with Crippen molar-refractivity contribution >= 4 is 16.0 Å². The van der Waals surface area contributed by atoms with Gasteiger partial charge in [-0.05, 0) is 43.7 Å². The van der Waals surface area contributed by atoms with Crippen LogP contribution in [0.2, 0.25) is 0 Å². The minimum Gasteiger partial charge on any atom is -0.356 e. The van der Waals surface area contributed by atoms with Crippen molar-refractivity contribution in [1.29, 1.82) is 0 Å². The summed E-state index contributed by atoms with van der Waals surface area (Å²) in [5, 5.41) is 6.43. The van der Waals surface area contributed by atoms with E-state index in [-0.39, 0.29) is 0 Å². The first kappa shape index (κ1) is 22.4. The molecule has 1 aromatic rings. The van der Waals surface area contributed by atoms with Crippen LogP contribution in [-0.2, 0) is 16.4 Å². The van der Waals surface area contributed by atoms with Gasteiger partial charge in [-0.3, -0.25) is 4.99 Å². The van der Waals surface area contributed by atoms with Gasteiger partial charge >= 0.3 is 0 Å². The monoisotopic (exact) mass is 382 g/mol. The normalized spacial score (nSPS) is 13.1. The van der Waals surface area contributed by atoms with Gasteiger partial charge in [-0.1, -0.05) is 38.1 Å². The van der Waals surface area contributed by atoms with Crippen molar-refractivity contribution in [3.63, 3.8) is 0 Å². The number of nitrogens with one attached hydrogen (secondary N) is 3. The molecule has 26 heavy (non-hydrogen) atoms. The van der Waals surface area contributed by atoms with Crippen LogP contribution in [0.4, 0.5) is 0 Å². The molecule has 0 heterocycles. The number of sulfonamides is 1. The van der Waals surface area contributed by atoms with Crippen LogP contribution in [0.15, 0.2) is 29.3 Å². The lowest BCUT2D eigenvalue weighted by Crippen LogP contribution is -2.53. The van der Waals surface area contributed by atoms with Crippen LogP contribution in [-0.4, -0.2) is 46.3 Å². The average molecular weight is 383 g/mol. The summed E-state index contributed by atoms with van der Waals surface area (Å²) in [7, 11) is -1.54. The summed E-state index contributed by atoms with van der Waals surface area (Å²) in [5.74, 6) is 1.23. The van der Waals surface area contributed by atoms with Crippen molar-refractivity contribution < 1.29 is 8.42 Å². The Hall–Kier alpha value is -1.60. The summed E-state index contributed by atoms with van der Waals surface area (Å²) in [4.78, 5) is 4.18. The summed E-state index contributed by atoms with van der Waals surface area (Å²) in [6.45, 7) is 9.29. The molecule has 0 aliphatic heterocycles. The molecule has 3 N–H and O–H groups in total. The van der Waals surface area contributed by atoms with Gasteiger partial charge in [0.1, 0.15) is 0 Å². The van der Waals surface area contributed by atoms with E-state index in [1.807, 2.05) is 13.8 Å². The molecule has 0 aromatic heterocycles. The fourth-order valence-corrected chi connectivity index (χ4v) is 3.71. The Morgan fingerprint density at radius 3 is 2.27 bits per heavy atom. The fraction of sp³-hybridized carbons (Fsp3) is 0.632. The number of guanidine groups is 1. The lowest BCUT2D eigenvalue weighted by molar-refractivity contribution is 0.446. The van der Waals surface area contributed by atoms with Gasteiger partial charge in [0.05, 0.1) is 6.26 Å². The molecule has 0 bridgehead atoms. The maximum absolute atomic E-state index is 11.4. The van der Waals surface area contributed by atoms with Crippen LogP contribution in [0.25, 0.3) is 0 Å². The Bertz CT molecular complexity index is 680. The molecule has 0 fully saturated rings. The van der Waals surface area contributed by atoms with Crippen molar-refractivity contribution in [2.75, 3.05) is 26.4 Å². The van der Waals surface area contributed by atoms with E-state index in [0.717, 1.165) is 25.6 Å². The third-order valence-electron chi connectivity index (χ3n) is 3.96. The summed E-state index contributed by atoms with van der Waals surface area (Å²) in [6.07, 6.45) is 3.16. The van der Waals surface area contributed by atoms with E-state index in [0.29, 0.717) is 18.4 Å².